The van der Waals surface area contributed by atoms with Crippen molar-refractivity contribution in [1.29, 1.82) is 0 Å². The van der Waals surface area contributed by atoms with Gasteiger partial charge in [0.05, 0.1) is 0 Å². The van der Waals surface area contributed by atoms with Gasteiger partial charge in [0.15, 0.2) is 5.82 Å². The van der Waals surface area contributed by atoms with E-state index in [1.165, 1.54) is 0 Å². The smallest absolute Gasteiger partial charge is 0.311 e. The van der Waals surface area contributed by atoms with Crippen molar-refractivity contribution >= 4 is 11.9 Å². The second kappa shape index (κ2) is 4.56. The van der Waals surface area contributed by atoms with Gasteiger partial charge in [0.1, 0.15) is 12.2 Å². The van der Waals surface area contributed by atoms with E-state index in [1.54, 1.807) is 0 Å². The Bertz CT molecular complexity index is 542. The lowest BCUT2D eigenvalue weighted by Gasteiger charge is -2.03. The molecule has 0 aliphatic heterocycles. The maximum Gasteiger partial charge on any atom is 0.311 e. The van der Waals surface area contributed by atoms with Crippen LogP contribution in [0.15, 0.2) is 30.3 Å². The van der Waals surface area contributed by atoms with Gasteiger partial charge in [-0.15, -0.1) is 0 Å². The number of carboxylic acid groups (broad SMARTS) is 1. The lowest BCUT2D eigenvalue weighted by molar-refractivity contribution is -0.136. The molecule has 0 aliphatic rings. The molecular weight excluding hydrogens is 220 g/mol. The molecule has 0 saturated carbocycles. The van der Waals surface area contributed by atoms with Crippen molar-refractivity contribution in [3.8, 4) is 11.4 Å². The third kappa shape index (κ3) is 2.75. The van der Waals surface area contributed by atoms with Crippen LogP contribution in [0.2, 0.25) is 0 Å². The molecule has 0 saturated heterocycles. The Labute approximate surface area is 97.2 Å². The van der Waals surface area contributed by atoms with Crippen LogP contribution in [-0.4, -0.2) is 26.0 Å². The van der Waals surface area contributed by atoms with Gasteiger partial charge in [0, 0.05) is 5.56 Å². The highest BCUT2D eigenvalue weighted by molar-refractivity contribution is 5.69. The van der Waals surface area contributed by atoms with Gasteiger partial charge in [-0.05, 0) is 0 Å². The van der Waals surface area contributed by atoms with Gasteiger partial charge in [0.25, 0.3) is 0 Å². The number of nitrogens with two attached hydrogens (primary N) is 1. The van der Waals surface area contributed by atoms with E-state index >= 15 is 0 Å². The molecule has 0 amide bonds. The van der Waals surface area contributed by atoms with Crippen LogP contribution in [0.1, 0.15) is 5.82 Å². The molecule has 1 heterocycles. The van der Waals surface area contributed by atoms with Crippen molar-refractivity contribution < 1.29 is 9.90 Å². The number of hydrogen-bond acceptors (Lipinski definition) is 5. The normalized spacial score (nSPS) is 10.1. The van der Waals surface area contributed by atoms with E-state index < -0.39 is 5.97 Å². The highest BCUT2D eigenvalue weighted by atomic mass is 16.4. The number of carboxylic acids is 1. The summed E-state index contributed by atoms with van der Waals surface area (Å²) in [5, 5.41) is 8.68. The Kier molecular flexibility index (Phi) is 2.95. The third-order valence-corrected chi connectivity index (χ3v) is 2.04. The second-order valence-corrected chi connectivity index (χ2v) is 3.37. The third-order valence-electron chi connectivity index (χ3n) is 2.04. The van der Waals surface area contributed by atoms with Crippen LogP contribution < -0.4 is 5.73 Å². The van der Waals surface area contributed by atoms with E-state index in [2.05, 4.69) is 15.0 Å². The molecule has 17 heavy (non-hydrogen) atoms. The summed E-state index contributed by atoms with van der Waals surface area (Å²) in [6, 6.07) is 9.18. The zero-order valence-corrected chi connectivity index (χ0v) is 8.87. The number of hydrogen-bond donors (Lipinski definition) is 2. The average Bonchev–Trinajstić information content (AvgIpc) is 2.28. The number of rotatable bonds is 3. The van der Waals surface area contributed by atoms with Crippen LogP contribution in [0, 0.1) is 0 Å². The quantitative estimate of drug-likeness (QED) is 0.806. The average molecular weight is 230 g/mol. The molecule has 0 unspecified atom stereocenters. The summed E-state index contributed by atoms with van der Waals surface area (Å²) in [7, 11) is 0. The van der Waals surface area contributed by atoms with Gasteiger partial charge >= 0.3 is 5.97 Å². The van der Waals surface area contributed by atoms with Crippen LogP contribution in [0.25, 0.3) is 11.4 Å². The Balaban J connectivity index is 2.42. The largest absolute Gasteiger partial charge is 0.481 e. The Morgan fingerprint density at radius 2 is 1.88 bits per heavy atom. The van der Waals surface area contributed by atoms with Crippen molar-refractivity contribution in [2.24, 2.45) is 0 Å². The first-order chi connectivity index (χ1) is 8.15. The molecule has 0 fully saturated rings. The molecule has 3 N–H and O–H groups in total. The van der Waals surface area contributed by atoms with Crippen LogP contribution >= 0.6 is 0 Å². The number of nitrogen functional groups attached to an aromatic ring is 1. The summed E-state index contributed by atoms with van der Waals surface area (Å²) in [4.78, 5) is 22.4. The molecule has 0 radical (unpaired) electrons. The summed E-state index contributed by atoms with van der Waals surface area (Å²) >= 11 is 0. The van der Waals surface area contributed by atoms with Crippen LogP contribution in [0.5, 0.6) is 0 Å². The molecule has 1 aromatic heterocycles. The molecule has 0 spiro atoms. The predicted molar refractivity (Wildman–Crippen MR) is 61.0 cm³/mol. The fourth-order valence-electron chi connectivity index (χ4n) is 1.37. The fraction of sp³-hybridized carbons (Fsp3) is 0.0909. The molecule has 6 nitrogen and oxygen atoms in total. The number of aliphatic carboxylic acids is 1. The van der Waals surface area contributed by atoms with E-state index in [4.69, 9.17) is 10.8 Å². The molecule has 2 rings (SSSR count). The van der Waals surface area contributed by atoms with E-state index in [0.29, 0.717) is 5.82 Å². The SMILES string of the molecule is Nc1nc(CC(=O)O)nc(-c2ccccc2)n1. The highest BCUT2D eigenvalue weighted by Gasteiger charge is 2.09. The van der Waals surface area contributed by atoms with Crippen molar-refractivity contribution in [3.05, 3.63) is 36.2 Å². The van der Waals surface area contributed by atoms with Gasteiger partial charge in [0.2, 0.25) is 5.95 Å². The van der Waals surface area contributed by atoms with Crippen molar-refractivity contribution in [1.82, 2.24) is 15.0 Å². The molecule has 0 bridgehead atoms. The minimum Gasteiger partial charge on any atom is -0.481 e. The fourth-order valence-corrected chi connectivity index (χ4v) is 1.37. The van der Waals surface area contributed by atoms with Crippen LogP contribution in [0.4, 0.5) is 5.95 Å². The predicted octanol–water partition coefficient (Wildman–Crippen LogP) is 0.748. The van der Waals surface area contributed by atoms with Gasteiger partial charge < -0.3 is 10.8 Å². The second-order valence-electron chi connectivity index (χ2n) is 3.37. The van der Waals surface area contributed by atoms with E-state index in [1.807, 2.05) is 30.3 Å². The molecule has 0 atom stereocenters. The number of nitrogens with zero attached hydrogens (tertiary/aromatic N) is 3. The number of benzene rings is 1. The maximum absolute atomic E-state index is 10.6. The lowest BCUT2D eigenvalue weighted by atomic mass is 10.2. The van der Waals surface area contributed by atoms with E-state index in [0.717, 1.165) is 5.56 Å². The number of anilines is 1. The van der Waals surface area contributed by atoms with E-state index in [-0.39, 0.29) is 18.2 Å². The van der Waals surface area contributed by atoms with Crippen molar-refractivity contribution in [2.75, 3.05) is 5.73 Å². The highest BCUT2D eigenvalue weighted by Crippen LogP contribution is 2.14. The first kappa shape index (κ1) is 11.0. The van der Waals surface area contributed by atoms with Gasteiger partial charge in [-0.25, -0.2) is 4.98 Å². The number of carbonyl (C=O) groups is 1. The van der Waals surface area contributed by atoms with Crippen LogP contribution in [0.3, 0.4) is 0 Å². The van der Waals surface area contributed by atoms with E-state index in [9.17, 15) is 4.79 Å². The minimum atomic E-state index is -1.00. The molecular formula is C11H10N4O2. The van der Waals surface area contributed by atoms with Gasteiger partial charge in [-0.3, -0.25) is 4.79 Å². The Hall–Kier alpha value is -2.50. The van der Waals surface area contributed by atoms with Gasteiger partial charge in [-0.2, -0.15) is 9.97 Å². The van der Waals surface area contributed by atoms with Crippen molar-refractivity contribution in [2.45, 2.75) is 6.42 Å². The molecule has 86 valence electrons. The first-order valence-corrected chi connectivity index (χ1v) is 4.93. The summed E-state index contributed by atoms with van der Waals surface area (Å²) < 4.78 is 0. The lowest BCUT2D eigenvalue weighted by Crippen LogP contribution is -2.09. The van der Waals surface area contributed by atoms with Crippen LogP contribution in [-0.2, 0) is 11.2 Å². The molecule has 1 aromatic carbocycles. The Morgan fingerprint density at radius 3 is 2.53 bits per heavy atom. The summed E-state index contributed by atoms with van der Waals surface area (Å²) in [5.74, 6) is -0.442. The maximum atomic E-state index is 10.6. The standard InChI is InChI=1S/C11H10N4O2/c12-11-14-8(6-9(16)17)13-10(15-11)7-4-2-1-3-5-7/h1-5H,6H2,(H,16,17)(H2,12,13,14,15). The Morgan fingerprint density at radius 1 is 1.18 bits per heavy atom. The van der Waals surface area contributed by atoms with Gasteiger partial charge in [-0.1, -0.05) is 30.3 Å². The summed E-state index contributed by atoms with van der Waals surface area (Å²) in [5.41, 5.74) is 6.29. The monoisotopic (exact) mass is 230 g/mol. The minimum absolute atomic E-state index is 0.0232. The summed E-state index contributed by atoms with van der Waals surface area (Å²) in [6.07, 6.45) is -0.271. The summed E-state index contributed by atoms with van der Waals surface area (Å²) in [6.45, 7) is 0. The number of aromatic nitrogens is 3. The zero-order valence-electron chi connectivity index (χ0n) is 8.87. The topological polar surface area (TPSA) is 102 Å². The first-order valence-electron chi connectivity index (χ1n) is 4.93. The van der Waals surface area contributed by atoms with Crippen molar-refractivity contribution in [3.63, 3.8) is 0 Å². The zero-order chi connectivity index (χ0) is 12.3. The molecule has 0 aliphatic carbocycles. The molecule has 6 heteroatoms. The molecule has 2 aromatic rings.